The number of sulfonamides is 2. The summed E-state index contributed by atoms with van der Waals surface area (Å²) in [4.78, 5) is 12.8. The Hall–Kier alpha value is -1.83. The number of amides is 1. The van der Waals surface area contributed by atoms with Crippen molar-refractivity contribution in [3.05, 3.63) is 41.8 Å². The van der Waals surface area contributed by atoms with Crippen molar-refractivity contribution in [1.29, 1.82) is 0 Å². The van der Waals surface area contributed by atoms with Gasteiger partial charge >= 0.3 is 0 Å². The molecule has 0 aliphatic carbocycles. The maximum Gasteiger partial charge on any atom is 0.252 e. The predicted molar refractivity (Wildman–Crippen MR) is 120 cm³/mol. The first-order valence-corrected chi connectivity index (χ1v) is 14.1. The van der Waals surface area contributed by atoms with Gasteiger partial charge in [0.2, 0.25) is 15.9 Å². The Labute approximate surface area is 192 Å². The van der Waals surface area contributed by atoms with Crippen LogP contribution in [0.1, 0.15) is 12.8 Å². The van der Waals surface area contributed by atoms with Crippen LogP contribution in [0.5, 0.6) is 0 Å². The minimum atomic E-state index is -3.59. The molecule has 1 aromatic carbocycles. The number of hydrogen-bond donors (Lipinski definition) is 1. The average Bonchev–Trinajstić information content (AvgIpc) is 3.36. The van der Waals surface area contributed by atoms with Crippen LogP contribution in [0.2, 0.25) is 0 Å². The van der Waals surface area contributed by atoms with Crippen molar-refractivity contribution in [2.45, 2.75) is 21.9 Å². The summed E-state index contributed by atoms with van der Waals surface area (Å²) in [5, 5.41) is 4.54. The number of rotatable bonds is 6. The molecule has 4 rings (SSSR count). The van der Waals surface area contributed by atoms with Crippen molar-refractivity contribution in [2.75, 3.05) is 44.7 Å². The molecule has 0 bridgehead atoms. The molecule has 0 spiro atoms. The molecule has 0 unspecified atom stereocenters. The molecule has 12 heteroatoms. The maximum absolute atomic E-state index is 12.7. The summed E-state index contributed by atoms with van der Waals surface area (Å²) < 4.78 is 59.0. The van der Waals surface area contributed by atoms with Gasteiger partial charge in [-0.3, -0.25) is 4.79 Å². The van der Waals surface area contributed by atoms with E-state index in [0.29, 0.717) is 49.0 Å². The number of thiophene rings is 1. The number of morpholine rings is 1. The molecule has 2 fully saturated rings. The Bertz CT molecular complexity index is 1130. The van der Waals surface area contributed by atoms with E-state index in [9.17, 15) is 21.6 Å². The maximum atomic E-state index is 12.7. The van der Waals surface area contributed by atoms with Crippen molar-refractivity contribution in [1.82, 2.24) is 8.61 Å². The number of piperidine rings is 1. The number of hydrogen-bond acceptors (Lipinski definition) is 7. The van der Waals surface area contributed by atoms with E-state index in [-0.39, 0.29) is 29.8 Å². The highest BCUT2D eigenvalue weighted by Crippen LogP contribution is 2.27. The molecular formula is C20H25N3O6S3. The summed E-state index contributed by atoms with van der Waals surface area (Å²) in [6, 6.07) is 9.40. The quantitative estimate of drug-likeness (QED) is 0.649. The van der Waals surface area contributed by atoms with E-state index in [1.807, 2.05) is 0 Å². The van der Waals surface area contributed by atoms with Gasteiger partial charge in [0.15, 0.2) is 0 Å². The second-order valence-corrected chi connectivity index (χ2v) is 12.7. The third kappa shape index (κ3) is 4.90. The molecule has 3 heterocycles. The summed E-state index contributed by atoms with van der Waals surface area (Å²) in [6.07, 6.45) is 0.861. The molecule has 0 radical (unpaired) electrons. The standard InChI is InChI=1S/C20H25N3O6S3/c24-20(16-7-9-22(10-8-16)32(27,28)19-2-1-15-30-19)21-17-3-5-18(6-4-17)31(25,26)23-11-13-29-14-12-23/h1-6,15-16H,7-14H2,(H,21,24). The summed E-state index contributed by atoms with van der Waals surface area (Å²) in [7, 11) is -7.09. The van der Waals surface area contributed by atoms with Crippen molar-refractivity contribution in [3.63, 3.8) is 0 Å². The SMILES string of the molecule is O=C(Nc1ccc(S(=O)(=O)N2CCOCC2)cc1)C1CCN(S(=O)(=O)c2cccs2)CC1. The molecule has 0 saturated carbocycles. The number of nitrogens with one attached hydrogen (secondary N) is 1. The summed E-state index contributed by atoms with van der Waals surface area (Å²) >= 11 is 1.18. The molecular weight excluding hydrogens is 474 g/mol. The average molecular weight is 500 g/mol. The zero-order valence-corrected chi connectivity index (χ0v) is 19.8. The van der Waals surface area contributed by atoms with Crippen LogP contribution < -0.4 is 5.32 Å². The van der Waals surface area contributed by atoms with E-state index < -0.39 is 20.0 Å². The molecule has 174 valence electrons. The fraction of sp³-hybridized carbons (Fsp3) is 0.450. The van der Waals surface area contributed by atoms with Gasteiger partial charge in [-0.25, -0.2) is 16.8 Å². The molecule has 1 aromatic heterocycles. The lowest BCUT2D eigenvalue weighted by Crippen LogP contribution is -2.41. The lowest BCUT2D eigenvalue weighted by Gasteiger charge is -2.30. The van der Waals surface area contributed by atoms with Gasteiger partial charge in [0.25, 0.3) is 10.0 Å². The van der Waals surface area contributed by atoms with Crippen LogP contribution in [0, 0.1) is 5.92 Å². The van der Waals surface area contributed by atoms with Crippen molar-refractivity contribution in [3.8, 4) is 0 Å². The Balaban J connectivity index is 1.34. The van der Waals surface area contributed by atoms with Crippen LogP contribution in [0.15, 0.2) is 50.9 Å². The summed E-state index contributed by atoms with van der Waals surface area (Å²) in [6.45, 7) is 1.97. The van der Waals surface area contributed by atoms with Gasteiger partial charge in [0.1, 0.15) is 4.21 Å². The van der Waals surface area contributed by atoms with Crippen molar-refractivity contribution >= 4 is 43.0 Å². The third-order valence-electron chi connectivity index (χ3n) is 5.64. The highest BCUT2D eigenvalue weighted by molar-refractivity contribution is 7.91. The summed E-state index contributed by atoms with van der Waals surface area (Å²) in [5.41, 5.74) is 0.504. The van der Waals surface area contributed by atoms with Crippen LogP contribution in [0.25, 0.3) is 0 Å². The molecule has 32 heavy (non-hydrogen) atoms. The van der Waals surface area contributed by atoms with Crippen LogP contribution in [0.3, 0.4) is 0 Å². The van der Waals surface area contributed by atoms with Gasteiger partial charge in [0.05, 0.1) is 18.1 Å². The van der Waals surface area contributed by atoms with Gasteiger partial charge in [-0.05, 0) is 48.6 Å². The lowest BCUT2D eigenvalue weighted by atomic mass is 9.97. The highest BCUT2D eigenvalue weighted by Gasteiger charge is 2.32. The fourth-order valence-electron chi connectivity index (χ4n) is 3.79. The van der Waals surface area contributed by atoms with E-state index in [4.69, 9.17) is 4.74 Å². The van der Waals surface area contributed by atoms with Crippen molar-refractivity contribution < 1.29 is 26.4 Å². The Kier molecular flexibility index (Phi) is 6.98. The van der Waals surface area contributed by atoms with E-state index in [2.05, 4.69) is 5.32 Å². The molecule has 9 nitrogen and oxygen atoms in total. The number of nitrogens with zero attached hydrogens (tertiary/aromatic N) is 2. The fourth-order valence-corrected chi connectivity index (χ4v) is 7.81. The first kappa shape index (κ1) is 23.3. The molecule has 2 aliphatic rings. The first-order chi connectivity index (χ1) is 15.3. The second-order valence-electron chi connectivity index (χ2n) is 7.64. The lowest BCUT2D eigenvalue weighted by molar-refractivity contribution is -0.120. The molecule has 2 aliphatic heterocycles. The van der Waals surface area contributed by atoms with Crippen LogP contribution in [-0.2, 0) is 29.6 Å². The Morgan fingerprint density at radius 1 is 0.906 bits per heavy atom. The van der Waals surface area contributed by atoms with Crippen molar-refractivity contribution in [2.24, 2.45) is 5.92 Å². The zero-order valence-electron chi connectivity index (χ0n) is 17.3. The van der Waals surface area contributed by atoms with E-state index >= 15 is 0 Å². The van der Waals surface area contributed by atoms with E-state index in [1.54, 1.807) is 29.6 Å². The number of ether oxygens (including phenoxy) is 1. The minimum absolute atomic E-state index is 0.171. The number of carbonyl (C=O) groups excluding carboxylic acids is 1. The van der Waals surface area contributed by atoms with Crippen LogP contribution in [0.4, 0.5) is 5.69 Å². The monoisotopic (exact) mass is 499 g/mol. The van der Waals surface area contributed by atoms with Gasteiger partial charge in [-0.1, -0.05) is 6.07 Å². The number of benzene rings is 1. The molecule has 2 saturated heterocycles. The smallest absolute Gasteiger partial charge is 0.252 e. The van der Waals surface area contributed by atoms with Gasteiger partial charge in [-0.2, -0.15) is 8.61 Å². The molecule has 0 atom stereocenters. The number of carbonyl (C=O) groups is 1. The Morgan fingerprint density at radius 2 is 1.53 bits per heavy atom. The predicted octanol–water partition coefficient (Wildman–Crippen LogP) is 1.81. The van der Waals surface area contributed by atoms with Crippen LogP contribution in [-0.4, -0.2) is 70.7 Å². The molecule has 1 N–H and O–H groups in total. The van der Waals surface area contributed by atoms with Gasteiger partial charge in [0, 0.05) is 37.8 Å². The van der Waals surface area contributed by atoms with E-state index in [0.717, 1.165) is 0 Å². The minimum Gasteiger partial charge on any atom is -0.379 e. The number of anilines is 1. The van der Waals surface area contributed by atoms with E-state index in [1.165, 1.54) is 32.1 Å². The Morgan fingerprint density at radius 3 is 2.12 bits per heavy atom. The third-order valence-corrected chi connectivity index (χ3v) is 10.8. The topological polar surface area (TPSA) is 113 Å². The van der Waals surface area contributed by atoms with Crippen LogP contribution >= 0.6 is 11.3 Å². The highest BCUT2D eigenvalue weighted by atomic mass is 32.2. The van der Waals surface area contributed by atoms with Gasteiger partial charge in [-0.15, -0.1) is 11.3 Å². The largest absolute Gasteiger partial charge is 0.379 e. The van der Waals surface area contributed by atoms with Gasteiger partial charge < -0.3 is 10.1 Å². The first-order valence-electron chi connectivity index (χ1n) is 10.3. The molecule has 2 aromatic rings. The zero-order chi connectivity index (χ0) is 22.8. The normalized spacial score (nSPS) is 19.6. The second kappa shape index (κ2) is 9.57. The summed E-state index contributed by atoms with van der Waals surface area (Å²) in [5.74, 6) is -0.497. The molecule has 1 amide bonds.